The summed E-state index contributed by atoms with van der Waals surface area (Å²) in [7, 11) is 0. The zero-order chi connectivity index (χ0) is 19.6. The summed E-state index contributed by atoms with van der Waals surface area (Å²) < 4.78 is 16.0. The lowest BCUT2D eigenvalue weighted by Crippen LogP contribution is -2.18. The van der Waals surface area contributed by atoms with Crippen LogP contribution in [0.1, 0.15) is 29.8 Å². The smallest absolute Gasteiger partial charge is 0.344 e. The first-order chi connectivity index (χ1) is 12.8. The third-order valence-electron chi connectivity index (χ3n) is 3.64. The lowest BCUT2D eigenvalue weighted by Gasteiger charge is -2.09. The second-order valence-corrected chi connectivity index (χ2v) is 6.87. The van der Waals surface area contributed by atoms with E-state index < -0.39 is 5.97 Å². The Morgan fingerprint density at radius 3 is 2.56 bits per heavy atom. The van der Waals surface area contributed by atoms with Gasteiger partial charge in [-0.25, -0.2) is 4.79 Å². The molecule has 0 saturated carbocycles. The Balaban J connectivity index is 1.77. The van der Waals surface area contributed by atoms with E-state index in [9.17, 15) is 9.59 Å². The van der Waals surface area contributed by atoms with Crippen molar-refractivity contribution in [1.29, 1.82) is 0 Å². The summed E-state index contributed by atoms with van der Waals surface area (Å²) in [6.45, 7) is 3.28. The fourth-order valence-electron chi connectivity index (χ4n) is 2.48. The number of Topliss-reactive ketones (excluding diaryl/α,β-unsaturated/α-hetero) is 1. The minimum Gasteiger partial charge on any atom is -0.482 e. The van der Waals surface area contributed by atoms with Gasteiger partial charge >= 0.3 is 5.97 Å². The average molecular weight is 407 g/mol. The first kappa shape index (κ1) is 19.3. The molecule has 1 aliphatic rings. The summed E-state index contributed by atoms with van der Waals surface area (Å²) in [5.41, 5.74) is 0.895. The minimum atomic E-state index is -0.476. The van der Waals surface area contributed by atoms with Gasteiger partial charge in [0.25, 0.3) is 0 Å². The molecule has 140 valence electrons. The maximum Gasteiger partial charge on any atom is 0.344 e. The molecule has 7 heteroatoms. The Kier molecular flexibility index (Phi) is 5.73. The van der Waals surface area contributed by atoms with E-state index in [0.29, 0.717) is 32.7 Å². The van der Waals surface area contributed by atoms with E-state index in [-0.39, 0.29) is 24.3 Å². The molecule has 0 bridgehead atoms. The number of ether oxygens (including phenoxy) is 3. The van der Waals surface area contributed by atoms with Gasteiger partial charge in [-0.1, -0.05) is 29.3 Å². The SMILES string of the molecule is CC(C)OC(=O)COc1ccc2c(c1)OC(=Cc1c(Cl)cccc1Cl)C2=O. The van der Waals surface area contributed by atoms with E-state index in [1.807, 2.05) is 0 Å². The van der Waals surface area contributed by atoms with Crippen molar-refractivity contribution in [2.45, 2.75) is 20.0 Å². The highest BCUT2D eigenvalue weighted by Crippen LogP contribution is 2.36. The van der Waals surface area contributed by atoms with Gasteiger partial charge in [0.05, 0.1) is 11.7 Å². The van der Waals surface area contributed by atoms with Crippen LogP contribution in [-0.4, -0.2) is 24.5 Å². The van der Waals surface area contributed by atoms with Crippen LogP contribution in [0.15, 0.2) is 42.2 Å². The molecule has 2 aromatic carbocycles. The fraction of sp³-hybridized carbons (Fsp3) is 0.200. The second-order valence-electron chi connectivity index (χ2n) is 6.06. The maximum absolute atomic E-state index is 12.5. The molecule has 0 saturated heterocycles. The number of halogens is 2. The number of ketones is 1. The van der Waals surface area contributed by atoms with Crippen molar-refractivity contribution in [1.82, 2.24) is 0 Å². The number of fused-ring (bicyclic) bond motifs is 1. The number of rotatable bonds is 5. The average Bonchev–Trinajstić information content (AvgIpc) is 2.91. The van der Waals surface area contributed by atoms with Gasteiger partial charge in [-0.3, -0.25) is 4.79 Å². The fourth-order valence-corrected chi connectivity index (χ4v) is 2.98. The Morgan fingerprint density at radius 1 is 1.19 bits per heavy atom. The van der Waals surface area contributed by atoms with Crippen molar-refractivity contribution in [3.05, 3.63) is 63.3 Å². The van der Waals surface area contributed by atoms with Gasteiger partial charge < -0.3 is 14.2 Å². The molecule has 0 N–H and O–H groups in total. The number of hydrogen-bond acceptors (Lipinski definition) is 5. The molecule has 3 rings (SSSR count). The molecule has 0 atom stereocenters. The Labute approximate surface area is 166 Å². The number of allylic oxidation sites excluding steroid dienone is 1. The topological polar surface area (TPSA) is 61.8 Å². The highest BCUT2D eigenvalue weighted by Gasteiger charge is 2.28. The predicted molar refractivity (Wildman–Crippen MR) is 103 cm³/mol. The Bertz CT molecular complexity index is 914. The van der Waals surface area contributed by atoms with Crippen molar-refractivity contribution in [3.8, 4) is 11.5 Å². The lowest BCUT2D eigenvalue weighted by atomic mass is 10.1. The Morgan fingerprint density at radius 2 is 1.89 bits per heavy atom. The van der Waals surface area contributed by atoms with Crippen LogP contribution < -0.4 is 9.47 Å². The van der Waals surface area contributed by atoms with Gasteiger partial charge in [0.2, 0.25) is 5.78 Å². The molecule has 0 aliphatic carbocycles. The molecule has 1 aliphatic heterocycles. The monoisotopic (exact) mass is 406 g/mol. The van der Waals surface area contributed by atoms with Crippen LogP contribution in [0.5, 0.6) is 11.5 Å². The molecule has 0 unspecified atom stereocenters. The number of carbonyl (C=O) groups is 2. The summed E-state index contributed by atoms with van der Waals surface area (Å²) in [5.74, 6) is 0.0722. The zero-order valence-electron chi connectivity index (χ0n) is 14.6. The van der Waals surface area contributed by atoms with Crippen molar-refractivity contribution in [2.75, 3.05) is 6.61 Å². The molecule has 2 aromatic rings. The first-order valence-corrected chi connectivity index (χ1v) is 8.95. The van der Waals surface area contributed by atoms with E-state index in [2.05, 4.69) is 0 Å². The Hall–Kier alpha value is -2.50. The van der Waals surface area contributed by atoms with E-state index >= 15 is 0 Å². The highest BCUT2D eigenvalue weighted by atomic mass is 35.5. The highest BCUT2D eigenvalue weighted by molar-refractivity contribution is 6.37. The third-order valence-corrected chi connectivity index (χ3v) is 4.30. The standard InChI is InChI=1S/C20H16Cl2O5/c1-11(2)26-19(23)10-25-12-6-7-13-17(8-12)27-18(20(13)24)9-14-15(21)4-3-5-16(14)22/h3-9,11H,10H2,1-2H3. The number of esters is 1. The van der Waals surface area contributed by atoms with Gasteiger partial charge in [-0.15, -0.1) is 0 Å². The zero-order valence-corrected chi connectivity index (χ0v) is 16.1. The van der Waals surface area contributed by atoms with Gasteiger partial charge in [0, 0.05) is 21.7 Å². The van der Waals surface area contributed by atoms with Crippen molar-refractivity contribution in [2.24, 2.45) is 0 Å². The van der Waals surface area contributed by atoms with Crippen LogP contribution in [0.4, 0.5) is 0 Å². The van der Waals surface area contributed by atoms with Crippen LogP contribution in [-0.2, 0) is 9.53 Å². The van der Waals surface area contributed by atoms with Crippen LogP contribution in [0.3, 0.4) is 0 Å². The molecule has 5 nitrogen and oxygen atoms in total. The molecule has 0 fully saturated rings. The first-order valence-electron chi connectivity index (χ1n) is 8.19. The van der Waals surface area contributed by atoms with Gasteiger partial charge in [0.15, 0.2) is 12.4 Å². The van der Waals surface area contributed by atoms with E-state index in [4.69, 9.17) is 37.4 Å². The summed E-state index contributed by atoms with van der Waals surface area (Å²) >= 11 is 12.3. The number of hydrogen-bond donors (Lipinski definition) is 0. The molecule has 0 amide bonds. The van der Waals surface area contributed by atoms with Crippen LogP contribution >= 0.6 is 23.2 Å². The largest absolute Gasteiger partial charge is 0.482 e. The predicted octanol–water partition coefficient (Wildman–Crippen LogP) is 4.94. The summed E-state index contributed by atoms with van der Waals surface area (Å²) in [4.78, 5) is 24.1. The van der Waals surface area contributed by atoms with Crippen molar-refractivity contribution >= 4 is 41.0 Å². The normalized spacial score (nSPS) is 14.3. The summed E-state index contributed by atoms with van der Waals surface area (Å²) in [5, 5.41) is 0.824. The van der Waals surface area contributed by atoms with E-state index in [0.717, 1.165) is 0 Å². The molecule has 0 aromatic heterocycles. The minimum absolute atomic E-state index is 0.108. The van der Waals surface area contributed by atoms with Crippen LogP contribution in [0.25, 0.3) is 6.08 Å². The summed E-state index contributed by atoms with van der Waals surface area (Å²) in [6, 6.07) is 9.78. The molecule has 27 heavy (non-hydrogen) atoms. The molecule has 1 heterocycles. The van der Waals surface area contributed by atoms with Crippen molar-refractivity contribution in [3.63, 3.8) is 0 Å². The molecule has 0 radical (unpaired) electrons. The van der Waals surface area contributed by atoms with Crippen molar-refractivity contribution < 1.29 is 23.8 Å². The van der Waals surface area contributed by atoms with Crippen LogP contribution in [0, 0.1) is 0 Å². The van der Waals surface area contributed by atoms with E-state index in [1.165, 1.54) is 6.08 Å². The lowest BCUT2D eigenvalue weighted by molar-refractivity contribution is -0.149. The quantitative estimate of drug-likeness (QED) is 0.519. The summed E-state index contributed by atoms with van der Waals surface area (Å²) in [6.07, 6.45) is 1.29. The second kappa shape index (κ2) is 8.03. The maximum atomic E-state index is 12.5. The molecular formula is C20H16Cl2O5. The molecular weight excluding hydrogens is 391 g/mol. The van der Waals surface area contributed by atoms with Gasteiger partial charge in [-0.2, -0.15) is 0 Å². The third kappa shape index (κ3) is 4.43. The van der Waals surface area contributed by atoms with Crippen LogP contribution in [0.2, 0.25) is 10.0 Å². The number of benzene rings is 2. The van der Waals surface area contributed by atoms with E-state index in [1.54, 1.807) is 50.2 Å². The number of carbonyl (C=O) groups excluding carboxylic acids is 2. The van der Waals surface area contributed by atoms with Gasteiger partial charge in [-0.05, 0) is 44.2 Å². The van der Waals surface area contributed by atoms with Gasteiger partial charge in [0.1, 0.15) is 11.5 Å². The molecule has 0 spiro atoms.